The first-order valence-corrected chi connectivity index (χ1v) is 9.80. The van der Waals surface area contributed by atoms with Gasteiger partial charge in [-0.15, -0.1) is 0 Å². The van der Waals surface area contributed by atoms with Crippen molar-refractivity contribution in [2.45, 2.75) is 37.6 Å². The van der Waals surface area contributed by atoms with Crippen LogP contribution in [0.5, 0.6) is 0 Å². The zero-order valence-corrected chi connectivity index (χ0v) is 15.9. The first kappa shape index (κ1) is 17.9. The van der Waals surface area contributed by atoms with Gasteiger partial charge in [0.2, 0.25) is 0 Å². The molecule has 1 unspecified atom stereocenters. The molecule has 7 nitrogen and oxygen atoms in total. The highest BCUT2D eigenvalue weighted by Crippen LogP contribution is 2.32. The molecule has 7 heteroatoms. The molecule has 1 amide bonds. The molecule has 3 saturated heterocycles. The molecule has 0 saturated carbocycles. The summed E-state index contributed by atoms with van der Waals surface area (Å²) in [5.41, 5.74) is 1.85. The Morgan fingerprint density at radius 2 is 1.88 bits per heavy atom. The van der Waals surface area contributed by atoms with E-state index in [9.17, 15) is 4.79 Å². The Bertz CT molecular complexity index is 639. The van der Waals surface area contributed by atoms with Gasteiger partial charge in [-0.25, -0.2) is 0 Å². The fourth-order valence-electron chi connectivity index (χ4n) is 4.50. The quantitative estimate of drug-likeness (QED) is 0.810. The molecule has 3 fully saturated rings. The molecule has 4 heterocycles. The molecule has 1 aromatic rings. The fourth-order valence-corrected chi connectivity index (χ4v) is 4.50. The second kappa shape index (κ2) is 7.29. The number of hydrogen-bond acceptors (Lipinski definition) is 5. The zero-order chi connectivity index (χ0) is 18.1. The summed E-state index contributed by atoms with van der Waals surface area (Å²) < 4.78 is 12.8. The summed E-state index contributed by atoms with van der Waals surface area (Å²) in [5.74, 6) is 0.377. The van der Waals surface area contributed by atoms with Gasteiger partial charge in [-0.2, -0.15) is 5.10 Å². The molecule has 0 radical (unpaired) electrons. The van der Waals surface area contributed by atoms with Crippen LogP contribution in [0.1, 0.15) is 48.2 Å². The summed E-state index contributed by atoms with van der Waals surface area (Å²) >= 11 is 0. The molecule has 3 aliphatic heterocycles. The maximum Gasteiger partial charge on any atom is 0.257 e. The summed E-state index contributed by atoms with van der Waals surface area (Å²) in [6.07, 6.45) is 4.86. The summed E-state index contributed by atoms with van der Waals surface area (Å²) in [4.78, 5) is 17.7. The Morgan fingerprint density at radius 1 is 1.15 bits per heavy atom. The first-order chi connectivity index (χ1) is 12.6. The van der Waals surface area contributed by atoms with Crippen LogP contribution in [0.2, 0.25) is 0 Å². The average Bonchev–Trinajstić information content (AvgIpc) is 3.32. The molecule has 26 heavy (non-hydrogen) atoms. The van der Waals surface area contributed by atoms with Crippen molar-refractivity contribution in [1.29, 1.82) is 0 Å². The minimum absolute atomic E-state index is 0.129. The van der Waals surface area contributed by atoms with Crippen molar-refractivity contribution in [3.8, 4) is 0 Å². The lowest BCUT2D eigenvalue weighted by Crippen LogP contribution is -2.57. The van der Waals surface area contributed by atoms with E-state index in [0.717, 1.165) is 76.5 Å². The molecule has 0 N–H and O–H groups in total. The molecule has 1 atom stereocenters. The van der Waals surface area contributed by atoms with E-state index in [-0.39, 0.29) is 17.4 Å². The number of carbonyl (C=O) groups is 1. The lowest BCUT2D eigenvalue weighted by atomic mass is 9.87. The number of rotatable bonds is 3. The van der Waals surface area contributed by atoms with Crippen LogP contribution >= 0.6 is 0 Å². The smallest absolute Gasteiger partial charge is 0.257 e. The van der Waals surface area contributed by atoms with Crippen molar-refractivity contribution in [3.63, 3.8) is 0 Å². The molecule has 144 valence electrons. The van der Waals surface area contributed by atoms with Crippen molar-refractivity contribution in [2.75, 3.05) is 52.6 Å². The molecule has 3 aliphatic rings. The van der Waals surface area contributed by atoms with E-state index < -0.39 is 0 Å². The molecule has 1 aromatic heterocycles. The highest BCUT2D eigenvalue weighted by molar-refractivity contribution is 5.95. The van der Waals surface area contributed by atoms with Crippen molar-refractivity contribution >= 4 is 5.91 Å². The number of ether oxygens (including phenoxy) is 2. The van der Waals surface area contributed by atoms with E-state index >= 15 is 0 Å². The number of amides is 1. The highest BCUT2D eigenvalue weighted by Gasteiger charge is 2.38. The second-order valence-corrected chi connectivity index (χ2v) is 8.05. The van der Waals surface area contributed by atoms with Crippen LogP contribution in [0, 0.1) is 0 Å². The number of piperidine rings is 1. The average molecular weight is 362 g/mol. The van der Waals surface area contributed by atoms with Gasteiger partial charge < -0.3 is 14.4 Å². The number of likely N-dealkylation sites (tertiary alicyclic amines) is 1. The van der Waals surface area contributed by atoms with E-state index in [4.69, 9.17) is 9.47 Å². The van der Waals surface area contributed by atoms with Gasteiger partial charge in [0, 0.05) is 57.5 Å². The third-order valence-corrected chi connectivity index (χ3v) is 6.31. The fraction of sp³-hybridized carbons (Fsp3) is 0.789. The number of nitrogens with zero attached hydrogens (tertiary/aromatic N) is 4. The molecule has 0 aliphatic carbocycles. The lowest BCUT2D eigenvalue weighted by Gasteiger charge is -2.48. The number of morpholine rings is 1. The van der Waals surface area contributed by atoms with Crippen LogP contribution in [0.25, 0.3) is 0 Å². The summed E-state index contributed by atoms with van der Waals surface area (Å²) in [6, 6.07) is 0. The van der Waals surface area contributed by atoms with Gasteiger partial charge in [0.1, 0.15) is 0 Å². The van der Waals surface area contributed by atoms with Crippen LogP contribution in [0.15, 0.2) is 6.20 Å². The Balaban J connectivity index is 1.44. The second-order valence-electron chi connectivity index (χ2n) is 8.05. The molecular weight excluding hydrogens is 332 g/mol. The van der Waals surface area contributed by atoms with Gasteiger partial charge in [0.05, 0.1) is 31.1 Å². The Hall–Kier alpha value is -1.44. The Kier molecular flexibility index (Phi) is 5.03. The Morgan fingerprint density at radius 3 is 2.54 bits per heavy atom. The summed E-state index contributed by atoms with van der Waals surface area (Å²) in [6.45, 7) is 9.03. The number of carbonyl (C=O) groups excluding carboxylic acids is 1. The molecule has 0 aromatic carbocycles. The van der Waals surface area contributed by atoms with Gasteiger partial charge in [-0.1, -0.05) is 0 Å². The molecule has 4 rings (SSSR count). The van der Waals surface area contributed by atoms with Crippen LogP contribution in [-0.2, 0) is 16.5 Å². The zero-order valence-electron chi connectivity index (χ0n) is 15.9. The predicted octanol–water partition coefficient (Wildman–Crippen LogP) is 1.25. The van der Waals surface area contributed by atoms with E-state index in [2.05, 4.69) is 16.9 Å². The van der Waals surface area contributed by atoms with Crippen LogP contribution in [0.3, 0.4) is 0 Å². The maximum atomic E-state index is 13.2. The van der Waals surface area contributed by atoms with Crippen molar-refractivity contribution in [3.05, 3.63) is 17.5 Å². The van der Waals surface area contributed by atoms with Crippen molar-refractivity contribution < 1.29 is 14.3 Å². The standard InChI is InChI=1S/C19H30N4O3/c1-19(23-8-11-25-12-9-23)4-6-22(7-5-19)18(24)16-13-21(2)20-17(16)15-3-10-26-14-15/h13,15H,3-12,14H2,1-2H3. The number of aromatic nitrogens is 2. The first-order valence-electron chi connectivity index (χ1n) is 9.80. The monoisotopic (exact) mass is 362 g/mol. The summed E-state index contributed by atoms with van der Waals surface area (Å²) in [7, 11) is 1.89. The summed E-state index contributed by atoms with van der Waals surface area (Å²) in [5, 5.41) is 4.58. The largest absolute Gasteiger partial charge is 0.381 e. The van der Waals surface area contributed by atoms with E-state index in [0.29, 0.717) is 6.61 Å². The number of hydrogen-bond donors (Lipinski definition) is 0. The Labute approximate surface area is 155 Å². The van der Waals surface area contributed by atoms with Crippen LogP contribution in [-0.4, -0.2) is 83.6 Å². The normalized spacial score (nSPS) is 27.0. The van der Waals surface area contributed by atoms with Gasteiger partial charge in [0.15, 0.2) is 0 Å². The SMILES string of the molecule is Cn1cc(C(=O)N2CCC(C)(N3CCOCC3)CC2)c(C2CCOC2)n1. The molecule has 0 bridgehead atoms. The molecular formula is C19H30N4O3. The maximum absolute atomic E-state index is 13.2. The predicted molar refractivity (Wildman–Crippen MR) is 97.3 cm³/mol. The van der Waals surface area contributed by atoms with Crippen LogP contribution in [0.4, 0.5) is 0 Å². The van der Waals surface area contributed by atoms with Gasteiger partial charge in [-0.05, 0) is 26.2 Å². The third kappa shape index (κ3) is 3.40. The number of aryl methyl sites for hydroxylation is 1. The van der Waals surface area contributed by atoms with Crippen LogP contribution < -0.4 is 0 Å². The van der Waals surface area contributed by atoms with Crippen molar-refractivity contribution in [2.24, 2.45) is 7.05 Å². The minimum atomic E-state index is 0.129. The van der Waals surface area contributed by atoms with Gasteiger partial charge in [-0.3, -0.25) is 14.4 Å². The minimum Gasteiger partial charge on any atom is -0.381 e. The van der Waals surface area contributed by atoms with Gasteiger partial charge in [0.25, 0.3) is 5.91 Å². The van der Waals surface area contributed by atoms with E-state index in [1.54, 1.807) is 4.68 Å². The van der Waals surface area contributed by atoms with Crippen molar-refractivity contribution in [1.82, 2.24) is 19.6 Å². The molecule has 0 spiro atoms. The van der Waals surface area contributed by atoms with Gasteiger partial charge >= 0.3 is 0 Å². The highest BCUT2D eigenvalue weighted by atomic mass is 16.5. The topological polar surface area (TPSA) is 59.8 Å². The third-order valence-electron chi connectivity index (χ3n) is 6.31. The van der Waals surface area contributed by atoms with E-state index in [1.165, 1.54) is 0 Å². The lowest BCUT2D eigenvalue weighted by molar-refractivity contribution is -0.0372. The van der Waals surface area contributed by atoms with E-state index in [1.807, 2.05) is 18.1 Å².